The van der Waals surface area contributed by atoms with E-state index in [0.717, 1.165) is 31.2 Å². The Morgan fingerprint density at radius 3 is 2.61 bits per heavy atom. The van der Waals surface area contributed by atoms with Gasteiger partial charge in [-0.2, -0.15) is 0 Å². The maximum atomic E-state index is 13.3. The Hall–Kier alpha value is -3.94. The van der Waals surface area contributed by atoms with Crippen molar-refractivity contribution < 1.29 is 28.7 Å². The number of carbonyl (C=O) groups excluding carboxylic acids is 4. The number of hydrogen-bond acceptors (Lipinski definition) is 6. The normalized spacial score (nSPS) is 24.3. The van der Waals surface area contributed by atoms with Gasteiger partial charge in [-0.25, -0.2) is 9.59 Å². The molecule has 0 unspecified atom stereocenters. The highest BCUT2D eigenvalue weighted by Crippen LogP contribution is 2.47. The Labute approximate surface area is 209 Å². The minimum absolute atomic E-state index is 0.107. The van der Waals surface area contributed by atoms with Crippen molar-refractivity contribution in [3.63, 3.8) is 0 Å². The summed E-state index contributed by atoms with van der Waals surface area (Å²) in [6.07, 6.45) is 5.39. The molecule has 1 aliphatic heterocycles. The second-order valence-corrected chi connectivity index (χ2v) is 9.63. The molecular formula is C28H28N2O6. The first-order valence-corrected chi connectivity index (χ1v) is 12.3. The average Bonchev–Trinajstić information content (AvgIpc) is 3.47. The van der Waals surface area contributed by atoms with Crippen molar-refractivity contribution in [1.82, 2.24) is 10.2 Å². The summed E-state index contributed by atoms with van der Waals surface area (Å²) in [5.74, 6) is -0.457. The molecule has 1 saturated heterocycles. The van der Waals surface area contributed by atoms with E-state index in [9.17, 15) is 19.2 Å². The molecule has 1 heterocycles. The number of amides is 4. The van der Waals surface area contributed by atoms with Gasteiger partial charge in [-0.05, 0) is 80.9 Å². The third-order valence-corrected chi connectivity index (χ3v) is 7.20. The van der Waals surface area contributed by atoms with E-state index in [4.69, 9.17) is 9.47 Å². The second-order valence-electron chi connectivity index (χ2n) is 9.63. The number of ether oxygens (including phenoxy) is 2. The molecule has 0 aromatic heterocycles. The van der Waals surface area contributed by atoms with E-state index in [1.165, 1.54) is 11.0 Å². The van der Waals surface area contributed by atoms with Crippen LogP contribution in [0.25, 0.3) is 6.08 Å². The van der Waals surface area contributed by atoms with Crippen molar-refractivity contribution >= 4 is 29.9 Å². The van der Waals surface area contributed by atoms with Crippen LogP contribution in [0, 0.1) is 18.8 Å². The molecule has 3 atom stereocenters. The van der Waals surface area contributed by atoms with E-state index in [2.05, 4.69) is 5.32 Å². The first-order chi connectivity index (χ1) is 17.3. The minimum atomic E-state index is -0.725. The summed E-state index contributed by atoms with van der Waals surface area (Å²) in [4.78, 5) is 52.3. The second kappa shape index (κ2) is 9.60. The lowest BCUT2D eigenvalue weighted by Crippen LogP contribution is -2.58. The van der Waals surface area contributed by atoms with E-state index in [1.54, 1.807) is 43.3 Å². The molecule has 2 saturated carbocycles. The molecule has 0 radical (unpaired) electrons. The van der Waals surface area contributed by atoms with Gasteiger partial charge in [0, 0.05) is 6.04 Å². The van der Waals surface area contributed by atoms with E-state index in [-0.39, 0.29) is 17.4 Å². The Balaban J connectivity index is 1.40. The number of fused-ring (bicyclic) bond motifs is 2. The zero-order valence-electron chi connectivity index (χ0n) is 20.3. The number of nitrogens with zero attached hydrogens (tertiary/aromatic N) is 1. The summed E-state index contributed by atoms with van der Waals surface area (Å²) in [7, 11) is 0. The molecule has 8 heteroatoms. The lowest BCUT2D eigenvalue weighted by molar-refractivity contribution is -0.132. The fourth-order valence-electron chi connectivity index (χ4n) is 5.56. The Bertz CT molecular complexity index is 1280. The number of urea groups is 1. The van der Waals surface area contributed by atoms with Crippen molar-refractivity contribution in [3.8, 4) is 11.5 Å². The summed E-state index contributed by atoms with van der Waals surface area (Å²) in [5.41, 5.74) is 1.75. The molecular weight excluding hydrogens is 460 g/mol. The van der Waals surface area contributed by atoms with E-state index < -0.39 is 23.8 Å². The van der Waals surface area contributed by atoms with E-state index in [0.29, 0.717) is 35.3 Å². The smallest absolute Gasteiger partial charge is 0.343 e. The zero-order chi connectivity index (χ0) is 25.4. The van der Waals surface area contributed by atoms with Crippen LogP contribution in [-0.4, -0.2) is 41.4 Å². The zero-order valence-corrected chi connectivity index (χ0v) is 20.3. The molecule has 3 aliphatic rings. The third kappa shape index (κ3) is 4.51. The maximum absolute atomic E-state index is 13.3. The molecule has 186 valence electrons. The molecule has 8 nitrogen and oxygen atoms in total. The molecule has 3 fully saturated rings. The highest BCUT2D eigenvalue weighted by molar-refractivity contribution is 6.31. The standard InChI is InChI=1S/C28H28N2O6/c1-3-35-24-15-18(8-10-23(24)36-27(33)20-6-4-5-16(2)11-20)13-21-25(31)29-28(34)30(26(21)32)22-14-17-7-9-19(22)12-17/h4-6,8,10-11,13,15,17,19,22H,3,7,9,12,14H2,1-2H3,(H,29,31,34)/b21-13+/t17-,19-,22-/m0/s1. The largest absolute Gasteiger partial charge is 0.490 e. The Kier molecular flexibility index (Phi) is 6.35. The van der Waals surface area contributed by atoms with Crippen molar-refractivity contribution in [1.29, 1.82) is 0 Å². The van der Waals surface area contributed by atoms with Crippen LogP contribution in [-0.2, 0) is 9.59 Å². The van der Waals surface area contributed by atoms with Crippen LogP contribution in [0.4, 0.5) is 4.79 Å². The van der Waals surface area contributed by atoms with Gasteiger partial charge in [0.15, 0.2) is 11.5 Å². The van der Waals surface area contributed by atoms with Gasteiger partial charge in [-0.15, -0.1) is 0 Å². The van der Waals surface area contributed by atoms with Crippen LogP contribution in [0.1, 0.15) is 54.1 Å². The fourth-order valence-corrected chi connectivity index (χ4v) is 5.56. The van der Waals surface area contributed by atoms with Gasteiger partial charge in [-0.1, -0.05) is 30.2 Å². The summed E-state index contributed by atoms with van der Waals surface area (Å²) >= 11 is 0. The number of aryl methyl sites for hydroxylation is 1. The van der Waals surface area contributed by atoms with E-state index in [1.807, 2.05) is 13.0 Å². The van der Waals surface area contributed by atoms with Crippen LogP contribution in [0.2, 0.25) is 0 Å². The SMILES string of the molecule is CCOc1cc(/C=C2\C(=O)NC(=O)N([C@H]3C[C@H]4CC[C@H]3C4)C2=O)ccc1OC(=O)c1cccc(C)c1. The van der Waals surface area contributed by atoms with Crippen LogP contribution in [0.3, 0.4) is 0 Å². The monoisotopic (exact) mass is 488 g/mol. The summed E-state index contributed by atoms with van der Waals surface area (Å²) < 4.78 is 11.2. The van der Waals surface area contributed by atoms with Crippen molar-refractivity contribution in [2.75, 3.05) is 6.61 Å². The van der Waals surface area contributed by atoms with Gasteiger partial charge in [-0.3, -0.25) is 19.8 Å². The lowest BCUT2D eigenvalue weighted by Gasteiger charge is -2.35. The summed E-state index contributed by atoms with van der Waals surface area (Å²) in [6, 6.07) is 11.1. The van der Waals surface area contributed by atoms with Crippen molar-refractivity contribution in [3.05, 3.63) is 64.7 Å². The van der Waals surface area contributed by atoms with Gasteiger partial charge < -0.3 is 9.47 Å². The molecule has 2 bridgehead atoms. The highest BCUT2D eigenvalue weighted by Gasteiger charge is 2.49. The maximum Gasteiger partial charge on any atom is 0.343 e. The van der Waals surface area contributed by atoms with Crippen molar-refractivity contribution in [2.24, 2.45) is 11.8 Å². The van der Waals surface area contributed by atoms with E-state index >= 15 is 0 Å². The lowest BCUT2D eigenvalue weighted by atomic mass is 9.93. The molecule has 36 heavy (non-hydrogen) atoms. The molecule has 0 spiro atoms. The molecule has 2 aliphatic carbocycles. The molecule has 2 aromatic carbocycles. The Morgan fingerprint density at radius 1 is 1.08 bits per heavy atom. The molecule has 1 N–H and O–H groups in total. The van der Waals surface area contributed by atoms with Gasteiger partial charge in [0.2, 0.25) is 0 Å². The molecule has 4 amide bonds. The number of benzene rings is 2. The quantitative estimate of drug-likeness (QED) is 0.282. The summed E-state index contributed by atoms with van der Waals surface area (Å²) in [6.45, 7) is 4.01. The number of rotatable bonds is 6. The van der Waals surface area contributed by atoms with Crippen LogP contribution in [0.5, 0.6) is 11.5 Å². The number of imide groups is 2. The minimum Gasteiger partial charge on any atom is -0.490 e. The predicted molar refractivity (Wildman–Crippen MR) is 131 cm³/mol. The summed E-state index contributed by atoms with van der Waals surface area (Å²) in [5, 5.41) is 2.32. The van der Waals surface area contributed by atoms with Crippen LogP contribution >= 0.6 is 0 Å². The topological polar surface area (TPSA) is 102 Å². The predicted octanol–water partition coefficient (Wildman–Crippen LogP) is 4.26. The average molecular weight is 489 g/mol. The van der Waals surface area contributed by atoms with Crippen LogP contribution in [0.15, 0.2) is 48.0 Å². The van der Waals surface area contributed by atoms with Crippen LogP contribution < -0.4 is 14.8 Å². The van der Waals surface area contributed by atoms with Gasteiger partial charge >= 0.3 is 12.0 Å². The van der Waals surface area contributed by atoms with Gasteiger partial charge in [0.1, 0.15) is 5.57 Å². The number of hydrogen-bond donors (Lipinski definition) is 1. The Morgan fingerprint density at radius 2 is 1.92 bits per heavy atom. The van der Waals surface area contributed by atoms with Gasteiger partial charge in [0.05, 0.1) is 12.2 Å². The number of barbiturate groups is 1. The molecule has 5 rings (SSSR count). The van der Waals surface area contributed by atoms with Gasteiger partial charge in [0.25, 0.3) is 11.8 Å². The highest BCUT2D eigenvalue weighted by atomic mass is 16.6. The number of carbonyl (C=O) groups is 4. The first-order valence-electron chi connectivity index (χ1n) is 12.3. The number of esters is 1. The third-order valence-electron chi connectivity index (χ3n) is 7.20. The first kappa shape index (κ1) is 23.8. The number of nitrogens with one attached hydrogen (secondary N) is 1. The van der Waals surface area contributed by atoms with Crippen molar-refractivity contribution in [2.45, 2.75) is 45.6 Å². The fraction of sp³-hybridized carbons (Fsp3) is 0.357. The molecule has 2 aromatic rings.